The fourth-order valence-electron chi connectivity index (χ4n) is 3.12. The fraction of sp³-hybridized carbons (Fsp3) is 0.0455. The number of rotatable bonds is 4. The second kappa shape index (κ2) is 6.29. The van der Waals surface area contributed by atoms with E-state index < -0.39 is 0 Å². The van der Waals surface area contributed by atoms with E-state index in [4.69, 9.17) is 9.47 Å². The van der Waals surface area contributed by atoms with Crippen LogP contribution in [0.4, 0.5) is 0 Å². The van der Waals surface area contributed by atoms with Crippen LogP contribution < -0.4 is 9.47 Å². The molecule has 3 heteroatoms. The molecule has 0 spiro atoms. The Morgan fingerprint density at radius 3 is 1.72 bits per heavy atom. The highest BCUT2D eigenvalue weighted by molar-refractivity contribution is 6.01. The molecule has 25 heavy (non-hydrogen) atoms. The lowest BCUT2D eigenvalue weighted by Crippen LogP contribution is -1.92. The van der Waals surface area contributed by atoms with E-state index in [9.17, 15) is 4.79 Å². The van der Waals surface area contributed by atoms with Crippen LogP contribution in [0.1, 0.15) is 10.4 Å². The Morgan fingerprint density at radius 2 is 1.12 bits per heavy atom. The maximum atomic E-state index is 11.3. The predicted octanol–water partition coefficient (Wildman–Crippen LogP) is 5.61. The van der Waals surface area contributed by atoms with E-state index in [0.29, 0.717) is 5.56 Å². The fourth-order valence-corrected chi connectivity index (χ4v) is 3.12. The molecule has 0 aliphatic carbocycles. The summed E-state index contributed by atoms with van der Waals surface area (Å²) in [5, 5.41) is 3.77. The molecule has 4 aromatic carbocycles. The first-order valence-electron chi connectivity index (χ1n) is 8.02. The standard InChI is InChI=1S/C22H16O3/c1-24-20-12-13-22(19-9-5-4-8-18(19)20)25-21-11-10-15(14-23)16-6-2-3-7-17(16)21/h2-14H,1H3. The molecule has 0 saturated carbocycles. The molecule has 0 aliphatic heterocycles. The van der Waals surface area contributed by atoms with Crippen molar-refractivity contribution in [3.63, 3.8) is 0 Å². The minimum atomic E-state index is 0.655. The zero-order valence-corrected chi connectivity index (χ0v) is 13.7. The van der Waals surface area contributed by atoms with E-state index in [1.807, 2.05) is 66.7 Å². The quantitative estimate of drug-likeness (QED) is 0.457. The maximum Gasteiger partial charge on any atom is 0.150 e. The summed E-state index contributed by atoms with van der Waals surface area (Å²) in [6, 6.07) is 23.2. The highest BCUT2D eigenvalue weighted by atomic mass is 16.5. The average molecular weight is 328 g/mol. The summed E-state index contributed by atoms with van der Waals surface area (Å²) < 4.78 is 11.7. The lowest BCUT2D eigenvalue weighted by Gasteiger charge is -2.14. The van der Waals surface area contributed by atoms with E-state index in [1.165, 1.54) is 0 Å². The summed E-state index contributed by atoms with van der Waals surface area (Å²) in [5.41, 5.74) is 0.655. The van der Waals surface area contributed by atoms with Crippen molar-refractivity contribution in [1.82, 2.24) is 0 Å². The summed E-state index contributed by atoms with van der Waals surface area (Å²) in [6.07, 6.45) is 0.870. The van der Waals surface area contributed by atoms with Crippen LogP contribution in [-0.2, 0) is 0 Å². The number of hydrogen-bond acceptors (Lipinski definition) is 3. The van der Waals surface area contributed by atoms with Crippen LogP contribution in [0.2, 0.25) is 0 Å². The molecule has 0 N–H and O–H groups in total. The predicted molar refractivity (Wildman–Crippen MR) is 99.9 cm³/mol. The number of ether oxygens (including phenoxy) is 2. The van der Waals surface area contributed by atoms with Crippen molar-refractivity contribution < 1.29 is 14.3 Å². The van der Waals surface area contributed by atoms with Crippen LogP contribution in [0.3, 0.4) is 0 Å². The largest absolute Gasteiger partial charge is 0.496 e. The van der Waals surface area contributed by atoms with Gasteiger partial charge in [0.2, 0.25) is 0 Å². The number of benzene rings is 4. The normalized spacial score (nSPS) is 10.8. The van der Waals surface area contributed by atoms with Gasteiger partial charge in [-0.3, -0.25) is 4.79 Å². The second-order valence-corrected chi connectivity index (χ2v) is 5.73. The third-order valence-electron chi connectivity index (χ3n) is 4.33. The van der Waals surface area contributed by atoms with Crippen LogP contribution in [0.5, 0.6) is 17.2 Å². The summed E-state index contributed by atoms with van der Waals surface area (Å²) in [6.45, 7) is 0. The maximum absolute atomic E-state index is 11.3. The third-order valence-corrected chi connectivity index (χ3v) is 4.33. The van der Waals surface area contributed by atoms with Crippen LogP contribution in [0.15, 0.2) is 72.8 Å². The van der Waals surface area contributed by atoms with Crippen LogP contribution in [0.25, 0.3) is 21.5 Å². The van der Waals surface area contributed by atoms with Crippen molar-refractivity contribution in [2.24, 2.45) is 0 Å². The second-order valence-electron chi connectivity index (χ2n) is 5.73. The molecule has 0 saturated heterocycles. The Labute approximate surface area is 145 Å². The first-order valence-corrected chi connectivity index (χ1v) is 8.02. The topological polar surface area (TPSA) is 35.5 Å². The van der Waals surface area contributed by atoms with Gasteiger partial charge < -0.3 is 9.47 Å². The molecule has 0 atom stereocenters. The van der Waals surface area contributed by atoms with Gasteiger partial charge in [0.05, 0.1) is 7.11 Å². The minimum Gasteiger partial charge on any atom is -0.496 e. The van der Waals surface area contributed by atoms with E-state index in [1.54, 1.807) is 13.2 Å². The van der Waals surface area contributed by atoms with Gasteiger partial charge in [-0.05, 0) is 29.7 Å². The van der Waals surface area contributed by atoms with Gasteiger partial charge in [-0.25, -0.2) is 0 Å². The van der Waals surface area contributed by atoms with Gasteiger partial charge in [0.25, 0.3) is 0 Å². The highest BCUT2D eigenvalue weighted by Gasteiger charge is 2.11. The molecular weight excluding hydrogens is 312 g/mol. The number of fused-ring (bicyclic) bond motifs is 2. The highest BCUT2D eigenvalue weighted by Crippen LogP contribution is 2.37. The van der Waals surface area contributed by atoms with Gasteiger partial charge in [-0.1, -0.05) is 48.5 Å². The molecule has 4 aromatic rings. The summed E-state index contributed by atoms with van der Waals surface area (Å²) >= 11 is 0. The molecule has 0 unspecified atom stereocenters. The molecular formula is C22H16O3. The molecule has 0 bridgehead atoms. The molecule has 0 aromatic heterocycles. The Hall–Kier alpha value is -3.33. The summed E-state index contributed by atoms with van der Waals surface area (Å²) in [5.74, 6) is 2.28. The molecule has 0 fully saturated rings. The van der Waals surface area contributed by atoms with Crippen molar-refractivity contribution in [3.05, 3.63) is 78.4 Å². The zero-order valence-electron chi connectivity index (χ0n) is 13.7. The Balaban J connectivity index is 1.88. The van der Waals surface area contributed by atoms with Gasteiger partial charge in [0.1, 0.15) is 17.2 Å². The molecule has 3 nitrogen and oxygen atoms in total. The van der Waals surface area contributed by atoms with Gasteiger partial charge in [-0.15, -0.1) is 0 Å². The number of methoxy groups -OCH3 is 1. The van der Waals surface area contributed by atoms with Crippen molar-refractivity contribution in [2.75, 3.05) is 7.11 Å². The van der Waals surface area contributed by atoms with Crippen LogP contribution in [0, 0.1) is 0 Å². The Bertz CT molecular complexity index is 1080. The molecule has 4 rings (SSSR count). The number of carbonyl (C=O) groups is 1. The molecule has 0 aliphatic rings. The SMILES string of the molecule is COc1ccc(Oc2ccc(C=O)c3ccccc23)c2ccccc12. The summed E-state index contributed by atoms with van der Waals surface area (Å²) in [7, 11) is 1.66. The van der Waals surface area contributed by atoms with Crippen molar-refractivity contribution in [3.8, 4) is 17.2 Å². The van der Waals surface area contributed by atoms with Gasteiger partial charge >= 0.3 is 0 Å². The van der Waals surface area contributed by atoms with E-state index in [2.05, 4.69) is 0 Å². The molecule has 0 heterocycles. The van der Waals surface area contributed by atoms with Gasteiger partial charge in [-0.2, -0.15) is 0 Å². The first-order chi connectivity index (χ1) is 12.3. The number of aldehydes is 1. The van der Waals surface area contributed by atoms with Crippen molar-refractivity contribution in [2.45, 2.75) is 0 Å². The van der Waals surface area contributed by atoms with E-state index >= 15 is 0 Å². The number of hydrogen-bond donors (Lipinski definition) is 0. The molecule has 0 amide bonds. The number of carbonyl (C=O) groups excluding carboxylic acids is 1. The Kier molecular flexibility index (Phi) is 3.82. The van der Waals surface area contributed by atoms with Crippen molar-refractivity contribution in [1.29, 1.82) is 0 Å². The minimum absolute atomic E-state index is 0.655. The van der Waals surface area contributed by atoms with E-state index in [0.717, 1.165) is 45.1 Å². The van der Waals surface area contributed by atoms with Gasteiger partial charge in [0.15, 0.2) is 6.29 Å². The monoisotopic (exact) mass is 328 g/mol. The van der Waals surface area contributed by atoms with Crippen LogP contribution >= 0.6 is 0 Å². The summed E-state index contributed by atoms with van der Waals surface area (Å²) in [4.78, 5) is 11.3. The molecule has 122 valence electrons. The third kappa shape index (κ3) is 2.60. The Morgan fingerprint density at radius 1 is 0.640 bits per heavy atom. The van der Waals surface area contributed by atoms with E-state index in [-0.39, 0.29) is 0 Å². The average Bonchev–Trinajstić information content (AvgIpc) is 2.68. The first kappa shape index (κ1) is 15.2. The zero-order chi connectivity index (χ0) is 17.2. The molecule has 0 radical (unpaired) electrons. The smallest absolute Gasteiger partial charge is 0.150 e. The lowest BCUT2D eigenvalue weighted by atomic mass is 10.0. The van der Waals surface area contributed by atoms with Crippen LogP contribution in [-0.4, -0.2) is 13.4 Å². The van der Waals surface area contributed by atoms with Gasteiger partial charge in [0, 0.05) is 21.7 Å². The lowest BCUT2D eigenvalue weighted by molar-refractivity contribution is 0.112. The van der Waals surface area contributed by atoms with Crippen molar-refractivity contribution >= 4 is 27.8 Å².